The zero-order valence-corrected chi connectivity index (χ0v) is 13.2. The highest BCUT2D eigenvalue weighted by Gasteiger charge is 2.76. The Hall–Kier alpha value is -2.22. The van der Waals surface area contributed by atoms with Crippen molar-refractivity contribution in [2.24, 2.45) is 16.7 Å². The van der Waals surface area contributed by atoms with Gasteiger partial charge in [-0.2, -0.15) is 0 Å². The minimum absolute atomic E-state index is 0.0282. The van der Waals surface area contributed by atoms with Crippen LogP contribution in [0.5, 0.6) is 0 Å². The van der Waals surface area contributed by atoms with Crippen LogP contribution in [0.25, 0.3) is 0 Å². The summed E-state index contributed by atoms with van der Waals surface area (Å²) in [5, 5.41) is 0. The molecule has 0 spiro atoms. The Morgan fingerprint density at radius 3 is 1.36 bits per heavy atom. The molecule has 2 nitrogen and oxygen atoms in total. The van der Waals surface area contributed by atoms with Crippen LogP contribution >= 0.6 is 0 Å². The number of benzene rings is 2. The zero-order valence-electron chi connectivity index (χ0n) is 13.2. The van der Waals surface area contributed by atoms with Gasteiger partial charge in [0.2, 0.25) is 0 Å². The van der Waals surface area contributed by atoms with Gasteiger partial charge in [0.1, 0.15) is 5.41 Å². The molecule has 0 amide bonds. The van der Waals surface area contributed by atoms with Crippen LogP contribution in [0.1, 0.15) is 41.5 Å². The van der Waals surface area contributed by atoms with E-state index in [9.17, 15) is 9.59 Å². The molecule has 1 fully saturated rings. The molecular weight excluding hydrogens is 272 g/mol. The van der Waals surface area contributed by atoms with Gasteiger partial charge in [-0.1, -0.05) is 81.4 Å². The van der Waals surface area contributed by atoms with Crippen LogP contribution in [0, 0.1) is 16.7 Å². The summed E-state index contributed by atoms with van der Waals surface area (Å²) >= 11 is 0. The lowest BCUT2D eigenvalue weighted by Gasteiger charge is -2.18. The Labute approximate surface area is 131 Å². The third kappa shape index (κ3) is 1.80. The van der Waals surface area contributed by atoms with Crippen molar-refractivity contribution in [1.29, 1.82) is 0 Å². The van der Waals surface area contributed by atoms with Crippen LogP contribution in [-0.4, -0.2) is 11.6 Å². The summed E-state index contributed by atoms with van der Waals surface area (Å²) in [6.45, 7) is 6.03. The van der Waals surface area contributed by atoms with E-state index in [4.69, 9.17) is 0 Å². The van der Waals surface area contributed by atoms with Crippen molar-refractivity contribution in [2.45, 2.75) is 20.8 Å². The normalized spacial score (nSPS) is 21.1. The third-order valence-electron chi connectivity index (χ3n) is 5.45. The lowest BCUT2D eigenvalue weighted by atomic mass is 9.80. The van der Waals surface area contributed by atoms with Crippen molar-refractivity contribution < 1.29 is 9.59 Å². The summed E-state index contributed by atoms with van der Waals surface area (Å²) in [6.07, 6.45) is 0. The highest BCUT2D eigenvalue weighted by atomic mass is 16.2. The number of Topliss-reactive ketones (excluding diaryl/α,β-unsaturated/α-hetero) is 2. The first-order chi connectivity index (χ1) is 10.4. The van der Waals surface area contributed by atoms with Crippen LogP contribution in [0.2, 0.25) is 0 Å². The Bertz CT molecular complexity index is 662. The monoisotopic (exact) mass is 292 g/mol. The minimum Gasteiger partial charge on any atom is -0.293 e. The number of rotatable bonds is 4. The first-order valence-corrected chi connectivity index (χ1v) is 7.63. The minimum atomic E-state index is -0.949. The largest absolute Gasteiger partial charge is 0.293 e. The van der Waals surface area contributed by atoms with Crippen LogP contribution in [-0.2, 0) is 0 Å². The van der Waals surface area contributed by atoms with E-state index >= 15 is 0 Å². The Balaban J connectivity index is 2.09. The van der Waals surface area contributed by atoms with Crippen LogP contribution < -0.4 is 0 Å². The standard InChI is InChI=1S/C20H20O2/c1-14-19(2,3)20(14,17(21)15-10-6-4-7-11-15)18(22)16-12-8-5-9-13-16/h4-14H,1-3H3/t14-/m0/s1. The van der Waals surface area contributed by atoms with Gasteiger partial charge in [-0.05, 0) is 11.3 Å². The molecule has 1 atom stereocenters. The Kier molecular flexibility index (Phi) is 3.28. The molecular formula is C20H20O2. The van der Waals surface area contributed by atoms with Gasteiger partial charge in [-0.3, -0.25) is 9.59 Å². The van der Waals surface area contributed by atoms with E-state index in [2.05, 4.69) is 0 Å². The summed E-state index contributed by atoms with van der Waals surface area (Å²) in [4.78, 5) is 26.3. The molecule has 0 bridgehead atoms. The molecule has 2 aromatic carbocycles. The van der Waals surface area contributed by atoms with E-state index in [1.165, 1.54) is 0 Å². The average molecular weight is 292 g/mol. The number of ketones is 2. The second kappa shape index (κ2) is 4.91. The third-order valence-corrected chi connectivity index (χ3v) is 5.45. The van der Waals surface area contributed by atoms with Crippen molar-refractivity contribution in [3.8, 4) is 0 Å². The molecule has 2 aromatic rings. The van der Waals surface area contributed by atoms with Gasteiger partial charge in [0.25, 0.3) is 0 Å². The summed E-state index contributed by atoms with van der Waals surface area (Å²) in [5.41, 5.74) is -0.0452. The average Bonchev–Trinajstić information content (AvgIpc) is 3.01. The molecule has 1 aliphatic carbocycles. The first kappa shape index (κ1) is 14.7. The first-order valence-electron chi connectivity index (χ1n) is 7.63. The van der Waals surface area contributed by atoms with Gasteiger partial charge in [0.15, 0.2) is 11.6 Å². The zero-order chi connectivity index (χ0) is 16.0. The number of carbonyl (C=O) groups excluding carboxylic acids is 2. The molecule has 0 radical (unpaired) electrons. The van der Waals surface area contributed by atoms with E-state index in [-0.39, 0.29) is 22.9 Å². The SMILES string of the molecule is C[C@H]1C(C)(C)C1(C(=O)c1ccccc1)C(=O)c1ccccc1. The lowest BCUT2D eigenvalue weighted by Crippen LogP contribution is -2.31. The van der Waals surface area contributed by atoms with Crippen LogP contribution in [0.3, 0.4) is 0 Å². The maximum atomic E-state index is 13.1. The molecule has 2 heteroatoms. The van der Waals surface area contributed by atoms with Gasteiger partial charge in [-0.25, -0.2) is 0 Å². The smallest absolute Gasteiger partial charge is 0.177 e. The van der Waals surface area contributed by atoms with E-state index < -0.39 is 5.41 Å². The molecule has 0 saturated heterocycles. The van der Waals surface area contributed by atoms with Crippen LogP contribution in [0.15, 0.2) is 60.7 Å². The number of hydrogen-bond acceptors (Lipinski definition) is 2. The second-order valence-electron chi connectivity index (χ2n) is 6.64. The quantitative estimate of drug-likeness (QED) is 0.617. The number of carbonyl (C=O) groups is 2. The molecule has 3 rings (SSSR count). The fraction of sp³-hybridized carbons (Fsp3) is 0.300. The highest BCUT2D eigenvalue weighted by Crippen LogP contribution is 2.71. The molecule has 0 heterocycles. The molecule has 1 saturated carbocycles. The predicted octanol–water partition coefficient (Wildman–Crippen LogP) is 4.41. The van der Waals surface area contributed by atoms with Crippen molar-refractivity contribution in [2.75, 3.05) is 0 Å². The molecule has 112 valence electrons. The van der Waals surface area contributed by atoms with E-state index in [0.717, 1.165) is 0 Å². The number of hydrogen-bond donors (Lipinski definition) is 0. The summed E-state index contributed by atoms with van der Waals surface area (Å²) < 4.78 is 0. The fourth-order valence-corrected chi connectivity index (χ4v) is 3.74. The van der Waals surface area contributed by atoms with Crippen molar-refractivity contribution in [3.05, 3.63) is 71.8 Å². The topological polar surface area (TPSA) is 34.1 Å². The van der Waals surface area contributed by atoms with Gasteiger partial charge >= 0.3 is 0 Å². The lowest BCUT2D eigenvalue weighted by molar-refractivity contribution is 0.0739. The Morgan fingerprint density at radius 2 is 1.09 bits per heavy atom. The highest BCUT2D eigenvalue weighted by molar-refractivity contribution is 6.23. The molecule has 1 aliphatic rings. The van der Waals surface area contributed by atoms with Crippen LogP contribution in [0.4, 0.5) is 0 Å². The molecule has 0 aromatic heterocycles. The molecule has 22 heavy (non-hydrogen) atoms. The van der Waals surface area contributed by atoms with Crippen molar-refractivity contribution in [1.82, 2.24) is 0 Å². The fourth-order valence-electron chi connectivity index (χ4n) is 3.74. The van der Waals surface area contributed by atoms with E-state index in [1.807, 2.05) is 57.2 Å². The van der Waals surface area contributed by atoms with E-state index in [1.54, 1.807) is 24.3 Å². The van der Waals surface area contributed by atoms with Crippen molar-refractivity contribution in [3.63, 3.8) is 0 Å². The summed E-state index contributed by atoms with van der Waals surface area (Å²) in [7, 11) is 0. The molecule has 0 N–H and O–H groups in total. The van der Waals surface area contributed by atoms with Gasteiger partial charge in [0, 0.05) is 11.1 Å². The van der Waals surface area contributed by atoms with Gasteiger partial charge < -0.3 is 0 Å². The summed E-state index contributed by atoms with van der Waals surface area (Å²) in [5.74, 6) is -0.0840. The van der Waals surface area contributed by atoms with E-state index in [0.29, 0.717) is 11.1 Å². The van der Waals surface area contributed by atoms with Crippen molar-refractivity contribution >= 4 is 11.6 Å². The summed E-state index contributed by atoms with van der Waals surface area (Å²) in [6, 6.07) is 18.3. The second-order valence-corrected chi connectivity index (χ2v) is 6.64. The maximum Gasteiger partial charge on any atom is 0.177 e. The maximum absolute atomic E-state index is 13.1. The predicted molar refractivity (Wildman–Crippen MR) is 86.9 cm³/mol. The molecule has 0 aliphatic heterocycles. The molecule has 0 unspecified atom stereocenters. The Morgan fingerprint density at radius 1 is 0.773 bits per heavy atom. The van der Waals surface area contributed by atoms with Gasteiger partial charge in [0.05, 0.1) is 0 Å². The van der Waals surface area contributed by atoms with Gasteiger partial charge in [-0.15, -0.1) is 0 Å².